The van der Waals surface area contributed by atoms with Crippen molar-refractivity contribution in [3.05, 3.63) is 10.7 Å². The average molecular weight is 296 g/mol. The predicted molar refractivity (Wildman–Crippen MR) is 67.7 cm³/mol. The Morgan fingerprint density at radius 2 is 2.06 bits per heavy atom. The molecule has 5 nitrogen and oxygen atoms in total. The van der Waals surface area contributed by atoms with Crippen molar-refractivity contribution in [2.75, 3.05) is 0 Å². The third kappa shape index (κ3) is 3.38. The molecule has 0 bridgehead atoms. The number of aromatic nitrogens is 1. The maximum Gasteiger partial charge on any atom is 0.251 e. The van der Waals surface area contributed by atoms with Crippen LogP contribution in [0, 0.1) is 0 Å². The average Bonchev–Trinajstić information content (AvgIpc) is 2.69. The van der Waals surface area contributed by atoms with Gasteiger partial charge in [0.1, 0.15) is 0 Å². The largest absolute Gasteiger partial charge is 0.328 e. The van der Waals surface area contributed by atoms with Gasteiger partial charge in [-0.05, 0) is 25.7 Å². The van der Waals surface area contributed by atoms with Gasteiger partial charge in [-0.1, -0.05) is 22.9 Å². The Bertz CT molecular complexity index is 480. The van der Waals surface area contributed by atoms with E-state index in [2.05, 4.69) is 9.71 Å². The van der Waals surface area contributed by atoms with Crippen LogP contribution in [0.1, 0.15) is 25.7 Å². The van der Waals surface area contributed by atoms with Crippen LogP contribution in [0.4, 0.5) is 0 Å². The van der Waals surface area contributed by atoms with Crippen molar-refractivity contribution in [2.24, 2.45) is 5.73 Å². The molecular formula is C9H14ClN3O2S2. The second-order valence-electron chi connectivity index (χ2n) is 4.17. The molecule has 0 aromatic carbocycles. The number of thiazole rings is 1. The van der Waals surface area contributed by atoms with Crippen molar-refractivity contribution in [1.82, 2.24) is 9.71 Å². The minimum absolute atomic E-state index is 0.0272. The minimum Gasteiger partial charge on any atom is -0.328 e. The molecule has 3 N–H and O–H groups in total. The van der Waals surface area contributed by atoms with E-state index in [1.54, 1.807) is 0 Å². The van der Waals surface area contributed by atoms with Gasteiger partial charge in [0.25, 0.3) is 10.0 Å². The summed E-state index contributed by atoms with van der Waals surface area (Å²) in [5, 5.41) is 0. The highest BCUT2D eigenvalue weighted by atomic mass is 35.5. The maximum atomic E-state index is 12.0. The van der Waals surface area contributed by atoms with Gasteiger partial charge in [-0.15, -0.1) is 0 Å². The van der Waals surface area contributed by atoms with E-state index in [1.165, 1.54) is 6.20 Å². The summed E-state index contributed by atoms with van der Waals surface area (Å²) in [6.07, 6.45) is 4.57. The van der Waals surface area contributed by atoms with Crippen LogP contribution in [-0.2, 0) is 10.0 Å². The Kier molecular flexibility index (Phi) is 4.04. The van der Waals surface area contributed by atoms with E-state index in [0.717, 1.165) is 37.0 Å². The number of nitrogens with two attached hydrogens (primary N) is 1. The molecule has 1 aliphatic carbocycles. The van der Waals surface area contributed by atoms with Crippen LogP contribution in [0.5, 0.6) is 0 Å². The highest BCUT2D eigenvalue weighted by Crippen LogP contribution is 2.24. The Balaban J connectivity index is 2.03. The lowest BCUT2D eigenvalue weighted by Gasteiger charge is -2.26. The molecule has 1 saturated carbocycles. The first-order valence-electron chi connectivity index (χ1n) is 5.36. The SMILES string of the molecule is NC1CCC(NS(=O)(=O)c2cnc(Cl)s2)CC1. The summed E-state index contributed by atoms with van der Waals surface area (Å²) < 4.78 is 27.0. The summed E-state index contributed by atoms with van der Waals surface area (Å²) >= 11 is 6.59. The molecule has 2 rings (SSSR count). The smallest absolute Gasteiger partial charge is 0.251 e. The Morgan fingerprint density at radius 1 is 1.41 bits per heavy atom. The van der Waals surface area contributed by atoms with Crippen LogP contribution >= 0.6 is 22.9 Å². The standard InChI is InChI=1S/C9H14ClN3O2S2/c10-9-12-5-8(16-9)17(14,15)13-7-3-1-6(11)2-4-7/h5-7,13H,1-4,11H2. The van der Waals surface area contributed by atoms with Gasteiger partial charge in [0, 0.05) is 12.1 Å². The molecule has 0 aliphatic heterocycles. The lowest BCUT2D eigenvalue weighted by molar-refractivity contribution is 0.374. The monoisotopic (exact) mass is 295 g/mol. The maximum absolute atomic E-state index is 12.0. The number of rotatable bonds is 3. The fourth-order valence-corrected chi connectivity index (χ4v) is 4.49. The second-order valence-corrected chi connectivity index (χ2v) is 7.72. The highest BCUT2D eigenvalue weighted by Gasteiger charge is 2.25. The van der Waals surface area contributed by atoms with Crippen LogP contribution in [0.15, 0.2) is 10.4 Å². The number of sulfonamides is 1. The molecule has 1 fully saturated rings. The molecule has 0 saturated heterocycles. The van der Waals surface area contributed by atoms with Crippen molar-refractivity contribution in [3.63, 3.8) is 0 Å². The zero-order chi connectivity index (χ0) is 12.5. The minimum atomic E-state index is -3.48. The molecular weight excluding hydrogens is 282 g/mol. The van der Waals surface area contributed by atoms with Gasteiger partial charge in [0.05, 0.1) is 6.20 Å². The highest BCUT2D eigenvalue weighted by molar-refractivity contribution is 7.91. The first kappa shape index (κ1) is 13.2. The van der Waals surface area contributed by atoms with Gasteiger partial charge in [-0.25, -0.2) is 18.1 Å². The summed E-state index contributed by atoms with van der Waals surface area (Å²) in [5.41, 5.74) is 5.77. The molecule has 1 aromatic heterocycles. The molecule has 17 heavy (non-hydrogen) atoms. The Morgan fingerprint density at radius 3 is 2.59 bits per heavy atom. The molecule has 0 amide bonds. The number of halogens is 1. The molecule has 0 radical (unpaired) electrons. The molecule has 0 atom stereocenters. The normalized spacial score (nSPS) is 26.0. The zero-order valence-electron chi connectivity index (χ0n) is 9.10. The molecule has 96 valence electrons. The van der Waals surface area contributed by atoms with E-state index in [-0.39, 0.29) is 20.8 Å². The lowest BCUT2D eigenvalue weighted by Crippen LogP contribution is -2.40. The van der Waals surface area contributed by atoms with E-state index >= 15 is 0 Å². The van der Waals surface area contributed by atoms with Gasteiger partial charge in [0.15, 0.2) is 8.68 Å². The predicted octanol–water partition coefficient (Wildman–Crippen LogP) is 1.34. The third-order valence-corrected chi connectivity index (χ3v) is 5.91. The Labute approximate surface area is 109 Å². The van der Waals surface area contributed by atoms with E-state index < -0.39 is 10.0 Å². The first-order valence-corrected chi connectivity index (χ1v) is 8.04. The number of nitrogens with one attached hydrogen (secondary N) is 1. The second kappa shape index (κ2) is 5.19. The van der Waals surface area contributed by atoms with Gasteiger partial charge < -0.3 is 5.73 Å². The fourth-order valence-electron chi connectivity index (χ4n) is 1.88. The molecule has 1 aliphatic rings. The summed E-state index contributed by atoms with van der Waals surface area (Å²) in [7, 11) is -3.48. The molecule has 0 spiro atoms. The molecule has 8 heteroatoms. The van der Waals surface area contributed by atoms with Gasteiger partial charge in [-0.3, -0.25) is 0 Å². The fraction of sp³-hybridized carbons (Fsp3) is 0.667. The van der Waals surface area contributed by atoms with E-state index in [0.29, 0.717) is 0 Å². The number of hydrogen-bond acceptors (Lipinski definition) is 5. The van der Waals surface area contributed by atoms with Crippen molar-refractivity contribution in [1.29, 1.82) is 0 Å². The summed E-state index contributed by atoms with van der Waals surface area (Å²) in [4.78, 5) is 3.73. The van der Waals surface area contributed by atoms with E-state index in [4.69, 9.17) is 17.3 Å². The summed E-state index contributed by atoms with van der Waals surface area (Å²) in [5.74, 6) is 0. The van der Waals surface area contributed by atoms with E-state index in [9.17, 15) is 8.42 Å². The van der Waals surface area contributed by atoms with Crippen LogP contribution < -0.4 is 10.5 Å². The summed E-state index contributed by atoms with van der Waals surface area (Å²) in [6.45, 7) is 0. The number of nitrogens with zero attached hydrogens (tertiary/aromatic N) is 1. The van der Waals surface area contributed by atoms with Crippen molar-refractivity contribution in [3.8, 4) is 0 Å². The van der Waals surface area contributed by atoms with Crippen LogP contribution in [0.2, 0.25) is 4.47 Å². The Hall–Kier alpha value is -0.210. The quantitative estimate of drug-likeness (QED) is 0.881. The first-order chi connectivity index (χ1) is 7.97. The molecule has 1 aromatic rings. The summed E-state index contributed by atoms with van der Waals surface area (Å²) in [6, 6.07) is 0.175. The van der Waals surface area contributed by atoms with E-state index in [1.807, 2.05) is 0 Å². The van der Waals surface area contributed by atoms with Crippen molar-refractivity contribution >= 4 is 33.0 Å². The van der Waals surface area contributed by atoms with Crippen LogP contribution in [0.25, 0.3) is 0 Å². The topological polar surface area (TPSA) is 85.1 Å². The molecule has 0 unspecified atom stereocenters. The lowest BCUT2D eigenvalue weighted by atomic mass is 9.93. The van der Waals surface area contributed by atoms with Gasteiger partial charge >= 0.3 is 0 Å². The third-order valence-electron chi connectivity index (χ3n) is 2.81. The van der Waals surface area contributed by atoms with Gasteiger partial charge in [-0.2, -0.15) is 0 Å². The van der Waals surface area contributed by atoms with Crippen molar-refractivity contribution in [2.45, 2.75) is 42.0 Å². The van der Waals surface area contributed by atoms with Crippen LogP contribution in [-0.4, -0.2) is 25.5 Å². The number of hydrogen-bond donors (Lipinski definition) is 2. The zero-order valence-corrected chi connectivity index (χ0v) is 11.5. The van der Waals surface area contributed by atoms with Crippen LogP contribution in [0.3, 0.4) is 0 Å². The van der Waals surface area contributed by atoms with Crippen molar-refractivity contribution < 1.29 is 8.42 Å². The van der Waals surface area contributed by atoms with Gasteiger partial charge in [0.2, 0.25) is 0 Å². The molecule has 1 heterocycles.